The number of aliphatic hydroxyl groups excluding tert-OH is 1. The molecule has 0 bridgehead atoms. The normalized spacial score (nSPS) is 19.9. The summed E-state index contributed by atoms with van der Waals surface area (Å²) in [5.41, 5.74) is 2.71. The van der Waals surface area contributed by atoms with E-state index in [0.29, 0.717) is 16.7 Å². The summed E-state index contributed by atoms with van der Waals surface area (Å²) in [5, 5.41) is 9.81. The van der Waals surface area contributed by atoms with Crippen LogP contribution in [0.2, 0.25) is 0 Å². The highest BCUT2D eigenvalue weighted by atomic mass is 32.2. The number of aliphatic hydroxyl groups is 1. The molecule has 1 aliphatic rings. The Kier molecular flexibility index (Phi) is 4.94. The number of halogens is 1. The Labute approximate surface area is 151 Å². The Morgan fingerprint density at radius 2 is 1.80 bits per heavy atom. The van der Waals surface area contributed by atoms with Crippen LogP contribution in [0.3, 0.4) is 0 Å². The molecule has 0 saturated carbocycles. The van der Waals surface area contributed by atoms with Crippen molar-refractivity contribution in [3.05, 3.63) is 58.4 Å². The average Bonchev–Trinajstić information content (AvgIpc) is 2.80. The number of hydrogen-bond acceptors (Lipinski definition) is 5. The fraction of sp³-hybridized carbons (Fsp3) is 0.333. The molecule has 0 saturated heterocycles. The average molecular weight is 382 g/mol. The molecular weight excluding hydrogens is 363 g/mol. The summed E-state index contributed by atoms with van der Waals surface area (Å²) in [7, 11) is -3.94. The van der Waals surface area contributed by atoms with E-state index in [1.807, 2.05) is 6.92 Å². The van der Waals surface area contributed by atoms with Crippen LogP contribution in [0.25, 0.3) is 0 Å². The molecule has 134 valence electrons. The quantitative estimate of drug-likeness (QED) is 0.818. The number of hydrogen-bond donors (Lipinski definition) is 1. The molecule has 0 spiro atoms. The molecule has 2 atom stereocenters. The third-order valence-electron chi connectivity index (χ3n) is 4.16. The minimum absolute atomic E-state index is 0.166. The molecule has 7 heteroatoms. The zero-order valence-electron chi connectivity index (χ0n) is 14.1. The Balaban J connectivity index is 1.78. The van der Waals surface area contributed by atoms with E-state index >= 15 is 0 Å². The van der Waals surface area contributed by atoms with Crippen molar-refractivity contribution < 1.29 is 22.1 Å². The monoisotopic (exact) mass is 382 g/mol. The highest BCUT2D eigenvalue weighted by Crippen LogP contribution is 2.44. The van der Waals surface area contributed by atoms with Gasteiger partial charge in [0.15, 0.2) is 0 Å². The zero-order chi connectivity index (χ0) is 18.4. The summed E-state index contributed by atoms with van der Waals surface area (Å²) in [6.45, 7) is 5.18. The van der Waals surface area contributed by atoms with Crippen LogP contribution in [-0.2, 0) is 14.3 Å². The van der Waals surface area contributed by atoms with E-state index < -0.39 is 27.3 Å². The molecule has 1 aliphatic heterocycles. The number of rotatable bonds is 4. The van der Waals surface area contributed by atoms with E-state index in [1.165, 1.54) is 23.9 Å². The first kappa shape index (κ1) is 18.4. The molecule has 25 heavy (non-hydrogen) atoms. The SMILES string of the molecule is Cc1cc(C)c(S(=O)(=O)OCC2Sc3ccc(F)cc3C2O)c(C)c1. The largest absolute Gasteiger partial charge is 0.387 e. The smallest absolute Gasteiger partial charge is 0.297 e. The maximum atomic E-state index is 13.3. The van der Waals surface area contributed by atoms with Gasteiger partial charge in [-0.15, -0.1) is 11.8 Å². The summed E-state index contributed by atoms with van der Waals surface area (Å²) in [5.74, 6) is -0.432. The first-order valence-electron chi connectivity index (χ1n) is 7.80. The number of fused-ring (bicyclic) bond motifs is 1. The van der Waals surface area contributed by atoms with Gasteiger partial charge in [-0.25, -0.2) is 4.39 Å². The molecule has 4 nitrogen and oxygen atoms in total. The van der Waals surface area contributed by atoms with Gasteiger partial charge in [-0.2, -0.15) is 8.42 Å². The van der Waals surface area contributed by atoms with Gasteiger partial charge >= 0.3 is 0 Å². The van der Waals surface area contributed by atoms with Crippen LogP contribution in [0.15, 0.2) is 40.1 Å². The van der Waals surface area contributed by atoms with Gasteiger partial charge in [-0.1, -0.05) is 17.7 Å². The maximum absolute atomic E-state index is 13.3. The van der Waals surface area contributed by atoms with Gasteiger partial charge in [-0.3, -0.25) is 4.18 Å². The van der Waals surface area contributed by atoms with Crippen LogP contribution >= 0.6 is 11.8 Å². The second kappa shape index (κ2) is 6.72. The minimum atomic E-state index is -3.94. The maximum Gasteiger partial charge on any atom is 0.297 e. The predicted molar refractivity (Wildman–Crippen MR) is 94.8 cm³/mol. The van der Waals surface area contributed by atoms with Crippen LogP contribution in [0.1, 0.15) is 28.4 Å². The van der Waals surface area contributed by atoms with Gasteiger partial charge in [0, 0.05) is 4.90 Å². The summed E-state index contributed by atoms with van der Waals surface area (Å²) in [6.07, 6.45) is -0.967. The Morgan fingerprint density at radius 3 is 2.44 bits per heavy atom. The molecule has 0 aliphatic carbocycles. The molecule has 3 rings (SSSR count). The molecule has 0 amide bonds. The molecule has 2 unspecified atom stereocenters. The van der Waals surface area contributed by atoms with Crippen molar-refractivity contribution in [1.82, 2.24) is 0 Å². The number of aryl methyl sites for hydroxylation is 3. The van der Waals surface area contributed by atoms with Crippen molar-refractivity contribution >= 4 is 21.9 Å². The van der Waals surface area contributed by atoms with Gasteiger partial charge in [0.25, 0.3) is 10.1 Å². The molecule has 2 aromatic rings. The van der Waals surface area contributed by atoms with Crippen LogP contribution in [0.4, 0.5) is 4.39 Å². The first-order valence-corrected chi connectivity index (χ1v) is 10.1. The van der Waals surface area contributed by atoms with Crippen molar-refractivity contribution in [2.45, 2.75) is 41.9 Å². The summed E-state index contributed by atoms with van der Waals surface area (Å²) in [6, 6.07) is 7.76. The van der Waals surface area contributed by atoms with Gasteiger partial charge < -0.3 is 5.11 Å². The second-order valence-electron chi connectivity index (χ2n) is 6.25. The van der Waals surface area contributed by atoms with Crippen molar-refractivity contribution in [2.75, 3.05) is 6.61 Å². The van der Waals surface area contributed by atoms with Gasteiger partial charge in [0.05, 0.1) is 22.9 Å². The third kappa shape index (κ3) is 3.60. The molecule has 1 heterocycles. The zero-order valence-corrected chi connectivity index (χ0v) is 15.7. The van der Waals surface area contributed by atoms with E-state index in [1.54, 1.807) is 32.0 Å². The Hall–Kier alpha value is -1.41. The molecule has 0 fully saturated rings. The van der Waals surface area contributed by atoms with Gasteiger partial charge in [-0.05, 0) is 55.7 Å². The van der Waals surface area contributed by atoms with Gasteiger partial charge in [0.2, 0.25) is 0 Å². The lowest BCUT2D eigenvalue weighted by Crippen LogP contribution is -2.21. The van der Waals surface area contributed by atoms with Crippen molar-refractivity contribution in [1.29, 1.82) is 0 Å². The van der Waals surface area contributed by atoms with Crippen LogP contribution in [-0.4, -0.2) is 25.4 Å². The minimum Gasteiger partial charge on any atom is -0.387 e. The number of benzene rings is 2. The fourth-order valence-corrected chi connectivity index (χ4v) is 5.82. The highest BCUT2D eigenvalue weighted by Gasteiger charge is 2.34. The lowest BCUT2D eigenvalue weighted by atomic mass is 10.1. The van der Waals surface area contributed by atoms with E-state index in [-0.39, 0.29) is 11.5 Å². The standard InChI is InChI=1S/C18H19FO4S2/c1-10-6-11(2)18(12(3)7-10)25(21,22)23-9-16-17(20)14-8-13(19)4-5-15(14)24-16/h4-8,16-17,20H,9H2,1-3H3. The van der Waals surface area contributed by atoms with Crippen molar-refractivity contribution in [3.63, 3.8) is 0 Å². The molecule has 0 radical (unpaired) electrons. The Bertz CT molecular complexity index is 902. The van der Waals surface area contributed by atoms with E-state index in [2.05, 4.69) is 0 Å². The van der Waals surface area contributed by atoms with Gasteiger partial charge in [0.1, 0.15) is 5.82 Å². The van der Waals surface area contributed by atoms with Crippen LogP contribution < -0.4 is 0 Å². The summed E-state index contributed by atoms with van der Waals surface area (Å²) >= 11 is 1.29. The van der Waals surface area contributed by atoms with E-state index in [4.69, 9.17) is 4.18 Å². The Morgan fingerprint density at radius 1 is 1.16 bits per heavy atom. The summed E-state index contributed by atoms with van der Waals surface area (Å²) in [4.78, 5) is 0.904. The molecule has 1 N–H and O–H groups in total. The topological polar surface area (TPSA) is 63.6 Å². The highest BCUT2D eigenvalue weighted by molar-refractivity contribution is 8.00. The molecule has 0 aromatic heterocycles. The van der Waals surface area contributed by atoms with Crippen LogP contribution in [0, 0.1) is 26.6 Å². The lowest BCUT2D eigenvalue weighted by Gasteiger charge is -2.16. The third-order valence-corrected chi connectivity index (χ3v) is 7.08. The van der Waals surface area contributed by atoms with E-state index in [9.17, 15) is 17.9 Å². The fourth-order valence-electron chi connectivity index (χ4n) is 3.19. The molecule has 2 aromatic carbocycles. The lowest BCUT2D eigenvalue weighted by molar-refractivity contribution is 0.152. The van der Waals surface area contributed by atoms with Crippen molar-refractivity contribution in [3.8, 4) is 0 Å². The number of thioether (sulfide) groups is 1. The summed E-state index contributed by atoms with van der Waals surface area (Å²) < 4.78 is 43.8. The molecular formula is C18H19FO4S2. The second-order valence-corrected chi connectivity index (χ2v) is 9.08. The van der Waals surface area contributed by atoms with E-state index in [0.717, 1.165) is 10.5 Å². The van der Waals surface area contributed by atoms with Crippen molar-refractivity contribution in [2.24, 2.45) is 0 Å². The predicted octanol–water partition coefficient (Wildman–Crippen LogP) is 3.66. The van der Waals surface area contributed by atoms with Crippen LogP contribution in [0.5, 0.6) is 0 Å². The first-order chi connectivity index (χ1) is 11.7.